The van der Waals surface area contributed by atoms with E-state index in [4.69, 9.17) is 0 Å². The Kier molecular flexibility index (Phi) is 5.58. The van der Waals surface area contributed by atoms with E-state index < -0.39 is 0 Å². The van der Waals surface area contributed by atoms with Crippen molar-refractivity contribution in [3.63, 3.8) is 0 Å². The Hall–Kier alpha value is -3.91. The minimum Gasteiger partial charge on any atom is -0.343 e. The Morgan fingerprint density at radius 1 is 0.933 bits per heavy atom. The van der Waals surface area contributed by atoms with Gasteiger partial charge in [-0.2, -0.15) is 5.26 Å². The number of nitrogens with one attached hydrogen (secondary N) is 1. The van der Waals surface area contributed by atoms with E-state index in [0.29, 0.717) is 28.8 Å². The van der Waals surface area contributed by atoms with Gasteiger partial charge in [0.25, 0.3) is 5.91 Å². The van der Waals surface area contributed by atoms with Crippen LogP contribution in [0.5, 0.6) is 0 Å². The fourth-order valence-electron chi connectivity index (χ4n) is 3.87. The van der Waals surface area contributed by atoms with Gasteiger partial charge in [-0.3, -0.25) is 9.59 Å². The second kappa shape index (κ2) is 8.62. The maximum atomic E-state index is 12.9. The van der Waals surface area contributed by atoms with Crippen molar-refractivity contribution in [2.24, 2.45) is 0 Å². The van der Waals surface area contributed by atoms with Crippen molar-refractivity contribution in [2.75, 3.05) is 18.0 Å². The van der Waals surface area contributed by atoms with Gasteiger partial charge in [0.2, 0.25) is 5.91 Å². The average Bonchev–Trinajstić information content (AvgIpc) is 2.82. The molecule has 0 radical (unpaired) electrons. The molecule has 0 bridgehead atoms. The molecule has 0 aliphatic carbocycles. The van der Waals surface area contributed by atoms with Crippen LogP contribution in [0.15, 0.2) is 72.8 Å². The molecular formula is C25H21N3O2. The monoisotopic (exact) mass is 395 g/mol. The number of anilines is 1. The van der Waals surface area contributed by atoms with Gasteiger partial charge in [0.05, 0.1) is 18.2 Å². The van der Waals surface area contributed by atoms with E-state index in [1.807, 2.05) is 48.5 Å². The summed E-state index contributed by atoms with van der Waals surface area (Å²) in [4.78, 5) is 27.5. The number of carbonyl (C=O) groups excluding carboxylic acids is 2. The Labute approximate surface area is 175 Å². The molecule has 2 amide bonds. The van der Waals surface area contributed by atoms with E-state index in [9.17, 15) is 14.9 Å². The van der Waals surface area contributed by atoms with Crippen LogP contribution in [0, 0.1) is 11.3 Å². The lowest BCUT2D eigenvalue weighted by Crippen LogP contribution is -2.42. The van der Waals surface area contributed by atoms with Crippen LogP contribution >= 0.6 is 0 Å². The molecule has 4 rings (SSSR count). The third-order valence-corrected chi connectivity index (χ3v) is 5.32. The summed E-state index contributed by atoms with van der Waals surface area (Å²) in [6.07, 6.45) is 1.86. The minimum atomic E-state index is -0.336. The first-order chi connectivity index (χ1) is 14.7. The Morgan fingerprint density at radius 3 is 2.47 bits per heavy atom. The number of carbonyl (C=O) groups is 2. The number of benzene rings is 3. The Bertz CT molecular complexity index is 1150. The van der Waals surface area contributed by atoms with Crippen molar-refractivity contribution in [2.45, 2.75) is 12.8 Å². The molecule has 0 spiro atoms. The maximum Gasteiger partial charge on any atom is 0.252 e. The first-order valence-electron chi connectivity index (χ1n) is 9.94. The maximum absolute atomic E-state index is 12.9. The lowest BCUT2D eigenvalue weighted by Gasteiger charge is -2.29. The molecule has 1 N–H and O–H groups in total. The number of para-hydroxylation sites is 1. The van der Waals surface area contributed by atoms with Gasteiger partial charge < -0.3 is 10.2 Å². The van der Waals surface area contributed by atoms with Gasteiger partial charge in [-0.15, -0.1) is 0 Å². The summed E-state index contributed by atoms with van der Waals surface area (Å²) in [5.74, 6) is -0.470. The first kappa shape index (κ1) is 19.4. The van der Waals surface area contributed by atoms with Gasteiger partial charge >= 0.3 is 0 Å². The van der Waals surface area contributed by atoms with E-state index >= 15 is 0 Å². The highest BCUT2D eigenvalue weighted by atomic mass is 16.2. The molecule has 0 fully saturated rings. The van der Waals surface area contributed by atoms with Crippen LogP contribution in [0.1, 0.15) is 27.9 Å². The molecule has 0 unspecified atom stereocenters. The largest absolute Gasteiger partial charge is 0.343 e. The van der Waals surface area contributed by atoms with E-state index in [0.717, 1.165) is 24.1 Å². The molecule has 3 aromatic rings. The van der Waals surface area contributed by atoms with Gasteiger partial charge in [0.1, 0.15) is 0 Å². The number of rotatable bonds is 4. The highest BCUT2D eigenvalue weighted by molar-refractivity contribution is 6.04. The van der Waals surface area contributed by atoms with Crippen molar-refractivity contribution < 1.29 is 9.59 Å². The van der Waals surface area contributed by atoms with Gasteiger partial charge in [-0.05, 0) is 42.2 Å². The van der Waals surface area contributed by atoms with Crippen LogP contribution in [0.3, 0.4) is 0 Å². The van der Waals surface area contributed by atoms with Crippen molar-refractivity contribution in [1.82, 2.24) is 5.32 Å². The summed E-state index contributed by atoms with van der Waals surface area (Å²) >= 11 is 0. The highest BCUT2D eigenvalue weighted by Crippen LogP contribution is 2.28. The molecule has 0 saturated carbocycles. The standard InChI is InChI=1S/C25H21N3O2/c26-16-19-9-1-3-11-20(19)21-12-4-5-13-22(21)25(30)27-17-24(29)28-15-7-10-18-8-2-6-14-23(18)28/h1-6,8-9,11-14H,7,10,15,17H2,(H,27,30). The SMILES string of the molecule is N#Cc1ccccc1-c1ccccc1C(=O)NCC(=O)N1CCCc2ccccc21. The van der Waals surface area contributed by atoms with Gasteiger partial charge in [0.15, 0.2) is 0 Å². The van der Waals surface area contributed by atoms with Crippen LogP contribution in [0.2, 0.25) is 0 Å². The fourth-order valence-corrected chi connectivity index (χ4v) is 3.87. The first-order valence-corrected chi connectivity index (χ1v) is 9.94. The molecule has 0 saturated heterocycles. The summed E-state index contributed by atoms with van der Waals surface area (Å²) in [7, 11) is 0. The number of amides is 2. The summed E-state index contributed by atoms with van der Waals surface area (Å²) in [6, 6.07) is 24.3. The minimum absolute atomic E-state index is 0.0819. The van der Waals surface area contributed by atoms with E-state index in [1.165, 1.54) is 0 Å². The zero-order valence-corrected chi connectivity index (χ0v) is 16.5. The predicted octanol–water partition coefficient (Wildman–Crippen LogP) is 3.93. The number of aryl methyl sites for hydroxylation is 1. The molecule has 1 aliphatic heterocycles. The molecule has 30 heavy (non-hydrogen) atoms. The summed E-state index contributed by atoms with van der Waals surface area (Å²) in [5.41, 5.74) is 4.38. The molecular weight excluding hydrogens is 374 g/mol. The summed E-state index contributed by atoms with van der Waals surface area (Å²) < 4.78 is 0. The number of hydrogen-bond donors (Lipinski definition) is 1. The van der Waals surface area contributed by atoms with Crippen molar-refractivity contribution in [3.05, 3.63) is 89.5 Å². The number of nitrogens with zero attached hydrogens (tertiary/aromatic N) is 2. The molecule has 0 atom stereocenters. The smallest absolute Gasteiger partial charge is 0.252 e. The number of nitriles is 1. The van der Waals surface area contributed by atoms with Crippen molar-refractivity contribution >= 4 is 17.5 Å². The van der Waals surface area contributed by atoms with Crippen LogP contribution in [0.4, 0.5) is 5.69 Å². The quantitative estimate of drug-likeness (QED) is 0.727. The molecule has 0 aromatic heterocycles. The summed E-state index contributed by atoms with van der Waals surface area (Å²) in [6.45, 7) is 0.569. The number of fused-ring (bicyclic) bond motifs is 1. The third kappa shape index (κ3) is 3.81. The van der Waals surface area contributed by atoms with Crippen LogP contribution in [0.25, 0.3) is 11.1 Å². The van der Waals surface area contributed by atoms with E-state index in [1.54, 1.807) is 29.2 Å². The topological polar surface area (TPSA) is 73.2 Å². The van der Waals surface area contributed by atoms with Crippen LogP contribution < -0.4 is 10.2 Å². The van der Waals surface area contributed by atoms with Gasteiger partial charge in [-0.1, -0.05) is 54.6 Å². The summed E-state index contributed by atoms with van der Waals surface area (Å²) in [5, 5.41) is 12.2. The normalized spacial score (nSPS) is 12.6. The van der Waals surface area contributed by atoms with Gasteiger partial charge in [0, 0.05) is 23.4 Å². The predicted molar refractivity (Wildman–Crippen MR) is 116 cm³/mol. The van der Waals surface area contributed by atoms with Crippen molar-refractivity contribution in [3.8, 4) is 17.2 Å². The molecule has 3 aromatic carbocycles. The molecule has 1 heterocycles. The molecule has 1 aliphatic rings. The highest BCUT2D eigenvalue weighted by Gasteiger charge is 2.23. The van der Waals surface area contributed by atoms with Crippen LogP contribution in [-0.4, -0.2) is 24.9 Å². The third-order valence-electron chi connectivity index (χ3n) is 5.32. The molecule has 148 valence electrons. The van der Waals surface area contributed by atoms with E-state index in [2.05, 4.69) is 11.4 Å². The second-order valence-electron chi connectivity index (χ2n) is 7.16. The molecule has 5 heteroatoms. The Balaban J connectivity index is 1.52. The fraction of sp³-hybridized carbons (Fsp3) is 0.160. The lowest BCUT2D eigenvalue weighted by molar-refractivity contribution is -0.117. The van der Waals surface area contributed by atoms with Crippen LogP contribution in [-0.2, 0) is 11.2 Å². The Morgan fingerprint density at radius 2 is 1.63 bits per heavy atom. The number of hydrogen-bond acceptors (Lipinski definition) is 3. The molecule has 5 nitrogen and oxygen atoms in total. The second-order valence-corrected chi connectivity index (χ2v) is 7.16. The average molecular weight is 395 g/mol. The zero-order chi connectivity index (χ0) is 20.9. The lowest BCUT2D eigenvalue weighted by atomic mass is 9.95. The van der Waals surface area contributed by atoms with Crippen molar-refractivity contribution in [1.29, 1.82) is 5.26 Å². The van der Waals surface area contributed by atoms with Gasteiger partial charge in [-0.25, -0.2) is 0 Å². The van der Waals surface area contributed by atoms with E-state index in [-0.39, 0.29) is 18.4 Å². The zero-order valence-electron chi connectivity index (χ0n) is 16.5.